The van der Waals surface area contributed by atoms with Gasteiger partial charge in [0.05, 0.1) is 6.10 Å². The van der Waals surface area contributed by atoms with E-state index in [1.807, 2.05) is 0 Å². The third kappa shape index (κ3) is 1.75. The van der Waals surface area contributed by atoms with Crippen LogP contribution >= 0.6 is 0 Å². The molecule has 0 spiro atoms. The molecule has 0 fully saturated rings. The maximum absolute atomic E-state index is 10.2. The Morgan fingerprint density at radius 3 is 2.71 bits per heavy atom. The molecule has 0 saturated heterocycles. The fraction of sp³-hybridized carbons (Fsp3) is 0.375. The lowest BCUT2D eigenvalue weighted by atomic mass is 9.91. The Hall–Kier alpha value is -1.34. The zero-order valence-corrected chi connectivity index (χ0v) is 10.2. The van der Waals surface area contributed by atoms with Crippen LogP contribution in [0.5, 0.6) is 0 Å². The summed E-state index contributed by atoms with van der Waals surface area (Å²) in [5.41, 5.74) is 3.82. The molecule has 0 radical (unpaired) electrons. The van der Waals surface area contributed by atoms with Crippen LogP contribution in [0.15, 0.2) is 30.3 Å². The summed E-state index contributed by atoms with van der Waals surface area (Å²) in [7, 11) is 0. The van der Waals surface area contributed by atoms with Crippen molar-refractivity contribution in [2.75, 3.05) is 0 Å². The van der Waals surface area contributed by atoms with E-state index < -0.39 is 0 Å². The van der Waals surface area contributed by atoms with Gasteiger partial charge in [0.1, 0.15) is 0 Å². The van der Waals surface area contributed by atoms with Crippen molar-refractivity contribution in [2.45, 2.75) is 38.7 Å². The van der Waals surface area contributed by atoms with E-state index in [2.05, 4.69) is 37.3 Å². The van der Waals surface area contributed by atoms with E-state index in [4.69, 9.17) is 0 Å². The van der Waals surface area contributed by atoms with Crippen LogP contribution in [0.3, 0.4) is 0 Å². The van der Waals surface area contributed by atoms with Crippen molar-refractivity contribution in [3.8, 4) is 0 Å². The fourth-order valence-electron chi connectivity index (χ4n) is 3.02. The first-order chi connectivity index (χ1) is 8.27. The Kier molecular flexibility index (Phi) is 2.64. The van der Waals surface area contributed by atoms with Crippen LogP contribution in [0.25, 0.3) is 10.8 Å². The van der Waals surface area contributed by atoms with Crippen LogP contribution in [0.4, 0.5) is 0 Å². The number of benzene rings is 2. The predicted octanol–water partition coefficient (Wildman–Crippen LogP) is 3.91. The summed E-state index contributed by atoms with van der Waals surface area (Å²) in [6, 6.07) is 10.8. The van der Waals surface area contributed by atoms with Gasteiger partial charge in [-0.25, -0.2) is 0 Å². The lowest BCUT2D eigenvalue weighted by Gasteiger charge is -2.16. The average Bonchev–Trinajstić information content (AvgIpc) is 2.53. The first-order valence-electron chi connectivity index (χ1n) is 6.46. The van der Waals surface area contributed by atoms with Crippen molar-refractivity contribution in [1.29, 1.82) is 0 Å². The lowest BCUT2D eigenvalue weighted by Crippen LogP contribution is -2.00. The molecule has 1 atom stereocenters. The van der Waals surface area contributed by atoms with Crippen molar-refractivity contribution >= 4 is 10.8 Å². The summed E-state index contributed by atoms with van der Waals surface area (Å²) in [5.74, 6) is 0. The predicted molar refractivity (Wildman–Crippen MR) is 71.2 cm³/mol. The van der Waals surface area contributed by atoms with Gasteiger partial charge in [-0.05, 0) is 53.6 Å². The number of aliphatic hydroxyl groups is 1. The van der Waals surface area contributed by atoms with E-state index in [1.54, 1.807) is 0 Å². The Labute approximate surface area is 102 Å². The highest BCUT2D eigenvalue weighted by atomic mass is 16.3. The topological polar surface area (TPSA) is 20.2 Å². The summed E-state index contributed by atoms with van der Waals surface area (Å²) in [5, 5.41) is 12.9. The van der Waals surface area contributed by atoms with E-state index in [1.165, 1.54) is 33.9 Å². The number of fused-ring (bicyclic) bond motifs is 3. The van der Waals surface area contributed by atoms with E-state index in [9.17, 15) is 5.11 Å². The molecule has 1 aliphatic carbocycles. The van der Waals surface area contributed by atoms with E-state index in [0.717, 1.165) is 19.3 Å². The molecule has 0 saturated carbocycles. The minimum Gasteiger partial charge on any atom is -0.388 e. The van der Waals surface area contributed by atoms with Crippen LogP contribution in [0.1, 0.15) is 42.1 Å². The standard InChI is InChI=1S/C16H18O/c1-11-10-15-14(8-4-5-9-16(15)17)13-7-3-2-6-12(11)13/h2-3,6-7,10,16-17H,4-5,8-9H2,1H3. The number of hydrogen-bond acceptors (Lipinski definition) is 1. The van der Waals surface area contributed by atoms with Gasteiger partial charge in [0.2, 0.25) is 0 Å². The Morgan fingerprint density at radius 1 is 1.12 bits per heavy atom. The quantitative estimate of drug-likeness (QED) is 0.675. The molecule has 0 heterocycles. The highest BCUT2D eigenvalue weighted by Gasteiger charge is 2.19. The largest absolute Gasteiger partial charge is 0.388 e. The molecular formula is C16H18O. The van der Waals surface area contributed by atoms with Crippen LogP contribution in [0, 0.1) is 6.92 Å². The Morgan fingerprint density at radius 2 is 1.88 bits per heavy atom. The average molecular weight is 226 g/mol. The molecule has 0 bridgehead atoms. The second-order valence-electron chi connectivity index (χ2n) is 5.07. The molecule has 2 aromatic carbocycles. The van der Waals surface area contributed by atoms with Gasteiger partial charge in [-0.3, -0.25) is 0 Å². The van der Waals surface area contributed by atoms with Gasteiger partial charge in [-0.15, -0.1) is 0 Å². The summed E-state index contributed by atoms with van der Waals surface area (Å²) >= 11 is 0. The van der Waals surface area contributed by atoms with Gasteiger partial charge in [-0.2, -0.15) is 0 Å². The van der Waals surface area contributed by atoms with E-state index in [0.29, 0.717) is 0 Å². The molecule has 0 amide bonds. The van der Waals surface area contributed by atoms with Gasteiger partial charge in [0.15, 0.2) is 0 Å². The number of aliphatic hydroxyl groups excluding tert-OH is 1. The molecule has 2 aromatic rings. The monoisotopic (exact) mass is 226 g/mol. The molecule has 1 nitrogen and oxygen atoms in total. The van der Waals surface area contributed by atoms with Crippen molar-refractivity contribution in [3.63, 3.8) is 0 Å². The SMILES string of the molecule is Cc1cc2c(c3ccccc13)CCCCC2O. The van der Waals surface area contributed by atoms with E-state index in [-0.39, 0.29) is 6.10 Å². The first kappa shape index (κ1) is 10.8. The molecule has 1 unspecified atom stereocenters. The van der Waals surface area contributed by atoms with Crippen LogP contribution < -0.4 is 0 Å². The number of hydrogen-bond donors (Lipinski definition) is 1. The molecule has 88 valence electrons. The maximum Gasteiger partial charge on any atom is 0.0793 e. The summed E-state index contributed by atoms with van der Waals surface area (Å²) in [4.78, 5) is 0. The van der Waals surface area contributed by atoms with Crippen molar-refractivity contribution in [2.24, 2.45) is 0 Å². The second-order valence-corrected chi connectivity index (χ2v) is 5.07. The molecule has 1 heteroatoms. The lowest BCUT2D eigenvalue weighted by molar-refractivity contribution is 0.166. The minimum atomic E-state index is -0.268. The fourth-order valence-corrected chi connectivity index (χ4v) is 3.02. The Balaban J connectivity index is 2.34. The van der Waals surface area contributed by atoms with Crippen LogP contribution in [-0.4, -0.2) is 5.11 Å². The molecule has 0 aromatic heterocycles. The van der Waals surface area contributed by atoms with E-state index >= 15 is 0 Å². The van der Waals surface area contributed by atoms with Gasteiger partial charge in [-0.1, -0.05) is 36.8 Å². The maximum atomic E-state index is 10.2. The summed E-state index contributed by atoms with van der Waals surface area (Å²) < 4.78 is 0. The molecule has 3 rings (SSSR count). The molecule has 0 aliphatic heterocycles. The highest BCUT2D eigenvalue weighted by Crippen LogP contribution is 2.35. The molecule has 1 N–H and O–H groups in total. The molecule has 17 heavy (non-hydrogen) atoms. The molecule has 1 aliphatic rings. The molecular weight excluding hydrogens is 208 g/mol. The van der Waals surface area contributed by atoms with Crippen LogP contribution in [-0.2, 0) is 6.42 Å². The van der Waals surface area contributed by atoms with Gasteiger partial charge >= 0.3 is 0 Å². The normalized spacial score (nSPS) is 20.0. The smallest absolute Gasteiger partial charge is 0.0793 e. The van der Waals surface area contributed by atoms with Gasteiger partial charge in [0, 0.05) is 0 Å². The van der Waals surface area contributed by atoms with Crippen molar-refractivity contribution in [1.82, 2.24) is 0 Å². The third-order valence-electron chi connectivity index (χ3n) is 3.91. The summed E-state index contributed by atoms with van der Waals surface area (Å²) in [6.45, 7) is 2.14. The second kappa shape index (κ2) is 4.15. The summed E-state index contributed by atoms with van der Waals surface area (Å²) in [6.07, 6.45) is 4.06. The minimum absolute atomic E-state index is 0.268. The van der Waals surface area contributed by atoms with Gasteiger partial charge < -0.3 is 5.11 Å². The Bertz CT molecular complexity index is 557. The van der Waals surface area contributed by atoms with Gasteiger partial charge in [0.25, 0.3) is 0 Å². The van der Waals surface area contributed by atoms with Crippen molar-refractivity contribution < 1.29 is 5.11 Å². The number of aryl methyl sites for hydroxylation is 2. The van der Waals surface area contributed by atoms with Crippen molar-refractivity contribution in [3.05, 3.63) is 47.0 Å². The zero-order valence-electron chi connectivity index (χ0n) is 10.2. The highest BCUT2D eigenvalue weighted by molar-refractivity contribution is 5.89. The first-order valence-corrected chi connectivity index (χ1v) is 6.46. The zero-order chi connectivity index (χ0) is 11.8. The number of rotatable bonds is 0. The third-order valence-corrected chi connectivity index (χ3v) is 3.91. The van der Waals surface area contributed by atoms with Crippen LogP contribution in [0.2, 0.25) is 0 Å².